The Bertz CT molecular complexity index is 2470. The normalized spacial score (nSPS) is 11.6. The van der Waals surface area contributed by atoms with E-state index < -0.39 is 0 Å². The first-order chi connectivity index (χ1) is 22.3. The number of rotatable bonds is 4. The molecule has 5 aromatic carbocycles. The predicted molar refractivity (Wildman–Crippen MR) is 182 cm³/mol. The summed E-state index contributed by atoms with van der Waals surface area (Å²) in [4.78, 5) is 19.4. The van der Waals surface area contributed by atoms with Crippen molar-refractivity contribution < 1.29 is 0 Å². The number of pyridine rings is 1. The molecule has 0 aliphatic carbocycles. The number of aromatic nitrogens is 5. The van der Waals surface area contributed by atoms with Crippen molar-refractivity contribution in [2.75, 3.05) is 0 Å². The third kappa shape index (κ3) is 4.02. The van der Waals surface area contributed by atoms with Gasteiger partial charge in [0.2, 0.25) is 0 Å². The van der Waals surface area contributed by atoms with E-state index in [-0.39, 0.29) is 0 Å². The molecule has 4 aromatic heterocycles. The van der Waals surface area contributed by atoms with Crippen LogP contribution in [0.5, 0.6) is 0 Å². The fourth-order valence-corrected chi connectivity index (χ4v) is 6.60. The van der Waals surface area contributed by atoms with Gasteiger partial charge in [0.15, 0.2) is 11.3 Å². The molecule has 0 spiro atoms. The maximum atomic E-state index is 4.99. The Kier molecular flexibility index (Phi) is 5.74. The summed E-state index contributed by atoms with van der Waals surface area (Å²) in [7, 11) is 0. The first-order valence-corrected chi connectivity index (χ1v) is 15.0. The van der Waals surface area contributed by atoms with Crippen LogP contribution in [0.3, 0.4) is 0 Å². The second kappa shape index (κ2) is 10.2. The molecule has 9 rings (SSSR count). The molecule has 0 fully saturated rings. The number of hydrogen-bond acceptors (Lipinski definition) is 4. The first kappa shape index (κ1) is 25.3. The molecule has 0 aliphatic rings. The Hall–Kier alpha value is -6.20. The van der Waals surface area contributed by atoms with E-state index in [0.29, 0.717) is 0 Å². The lowest BCUT2D eigenvalue weighted by Gasteiger charge is -2.15. The fraction of sp³-hybridized carbons (Fsp3) is 0. The summed E-state index contributed by atoms with van der Waals surface area (Å²) in [6.45, 7) is 0. The number of nitrogens with zero attached hydrogens (tertiary/aromatic N) is 5. The van der Waals surface area contributed by atoms with E-state index in [2.05, 4.69) is 120 Å². The van der Waals surface area contributed by atoms with Crippen LogP contribution in [0.1, 0.15) is 11.1 Å². The van der Waals surface area contributed by atoms with Gasteiger partial charge in [-0.25, -0.2) is 9.97 Å². The van der Waals surface area contributed by atoms with Gasteiger partial charge < -0.3 is 0 Å². The zero-order valence-corrected chi connectivity index (χ0v) is 24.2. The van der Waals surface area contributed by atoms with E-state index in [1.807, 2.05) is 12.1 Å². The van der Waals surface area contributed by atoms with Crippen molar-refractivity contribution in [1.29, 1.82) is 0 Å². The maximum Gasteiger partial charge on any atom is 0.165 e. The van der Waals surface area contributed by atoms with E-state index >= 15 is 0 Å². The van der Waals surface area contributed by atoms with Crippen molar-refractivity contribution in [1.82, 2.24) is 24.3 Å². The second-order valence-electron chi connectivity index (χ2n) is 11.1. The lowest BCUT2D eigenvalue weighted by atomic mass is 9.91. The first-order valence-electron chi connectivity index (χ1n) is 15.0. The van der Waals surface area contributed by atoms with Gasteiger partial charge in [0.05, 0.1) is 5.52 Å². The highest BCUT2D eigenvalue weighted by atomic mass is 15.1. The SMILES string of the molecule is c1ccc(-c2ccc(C(c3ccc(-c4ccccc4)cc3)=c3c4cccc5c6nccnc6n(c6nccnc36)c45)cc2)cc1. The Morgan fingerprint density at radius 2 is 0.867 bits per heavy atom. The van der Waals surface area contributed by atoms with Crippen LogP contribution in [-0.4, -0.2) is 24.3 Å². The van der Waals surface area contributed by atoms with Crippen LogP contribution in [0.4, 0.5) is 0 Å². The van der Waals surface area contributed by atoms with Crippen molar-refractivity contribution in [2.24, 2.45) is 0 Å². The Morgan fingerprint density at radius 3 is 1.44 bits per heavy atom. The zero-order valence-electron chi connectivity index (χ0n) is 24.2. The Labute approximate surface area is 258 Å². The van der Waals surface area contributed by atoms with Gasteiger partial charge in [-0.05, 0) is 39.0 Å². The number of fused-ring (bicyclic) bond motifs is 5. The lowest BCUT2D eigenvalue weighted by Crippen LogP contribution is -2.16. The average Bonchev–Trinajstić information content (AvgIpc) is 3.47. The molecule has 210 valence electrons. The number of para-hydroxylation sites is 1. The van der Waals surface area contributed by atoms with Gasteiger partial charge in [0, 0.05) is 40.8 Å². The summed E-state index contributed by atoms with van der Waals surface area (Å²) in [5.41, 5.74) is 12.3. The number of benzene rings is 5. The molecule has 0 amide bonds. The molecule has 0 aliphatic heterocycles. The van der Waals surface area contributed by atoms with Gasteiger partial charge in [-0.1, -0.05) is 127 Å². The van der Waals surface area contributed by atoms with E-state index in [1.54, 1.807) is 24.8 Å². The van der Waals surface area contributed by atoms with Crippen LogP contribution in [0.15, 0.2) is 152 Å². The van der Waals surface area contributed by atoms with Gasteiger partial charge in [-0.15, -0.1) is 0 Å². The second-order valence-corrected chi connectivity index (χ2v) is 11.1. The van der Waals surface area contributed by atoms with Crippen LogP contribution in [0, 0.1) is 0 Å². The molecular formula is C40H25N5. The van der Waals surface area contributed by atoms with Gasteiger partial charge in [0.25, 0.3) is 0 Å². The zero-order chi connectivity index (χ0) is 29.7. The van der Waals surface area contributed by atoms with Crippen molar-refractivity contribution >= 4 is 44.2 Å². The molecule has 0 saturated carbocycles. The highest BCUT2D eigenvalue weighted by Gasteiger charge is 2.21. The van der Waals surface area contributed by atoms with E-state index in [0.717, 1.165) is 60.5 Å². The highest BCUT2D eigenvalue weighted by Crippen LogP contribution is 2.33. The minimum Gasteiger partial charge on any atom is -0.274 e. The van der Waals surface area contributed by atoms with Gasteiger partial charge in [0.1, 0.15) is 11.0 Å². The van der Waals surface area contributed by atoms with Crippen molar-refractivity contribution in [3.05, 3.63) is 169 Å². The van der Waals surface area contributed by atoms with Crippen molar-refractivity contribution in [3.63, 3.8) is 0 Å². The summed E-state index contributed by atoms with van der Waals surface area (Å²) >= 11 is 0. The van der Waals surface area contributed by atoms with Gasteiger partial charge >= 0.3 is 0 Å². The molecule has 5 heteroatoms. The van der Waals surface area contributed by atoms with Crippen LogP contribution >= 0.6 is 0 Å². The Morgan fingerprint density at radius 1 is 0.400 bits per heavy atom. The molecule has 45 heavy (non-hydrogen) atoms. The predicted octanol–water partition coefficient (Wildman–Crippen LogP) is 8.28. The van der Waals surface area contributed by atoms with Crippen LogP contribution < -0.4 is 5.22 Å². The van der Waals surface area contributed by atoms with E-state index in [1.165, 1.54) is 22.3 Å². The fourth-order valence-electron chi connectivity index (χ4n) is 6.60. The van der Waals surface area contributed by atoms with Crippen molar-refractivity contribution in [3.8, 4) is 22.3 Å². The lowest BCUT2D eigenvalue weighted by molar-refractivity contribution is 1.16. The summed E-state index contributed by atoms with van der Waals surface area (Å²) in [5, 5.41) is 3.16. The molecule has 0 N–H and O–H groups in total. The standard InChI is InChI=1S/C40H25N5/c1-3-8-26(9-4-1)28-14-18-30(19-15-28)34(31-20-16-29(17-21-31)27-10-5-2-6-11-27)35-32-12-7-13-33-36-39(43-24-22-41-36)45(38(32)33)40-37(35)42-23-25-44-40/h1-25H. The third-order valence-electron chi connectivity index (χ3n) is 8.61. The largest absolute Gasteiger partial charge is 0.274 e. The maximum absolute atomic E-state index is 4.99. The Balaban J connectivity index is 1.42. The van der Waals surface area contributed by atoms with Crippen LogP contribution in [0.25, 0.3) is 66.4 Å². The average molecular weight is 576 g/mol. The quantitative estimate of drug-likeness (QED) is 0.198. The van der Waals surface area contributed by atoms with E-state index in [9.17, 15) is 0 Å². The third-order valence-corrected chi connectivity index (χ3v) is 8.61. The summed E-state index contributed by atoms with van der Waals surface area (Å²) in [6, 6.07) is 45.1. The summed E-state index contributed by atoms with van der Waals surface area (Å²) < 4.78 is 2.12. The molecular weight excluding hydrogens is 550 g/mol. The van der Waals surface area contributed by atoms with Gasteiger partial charge in [-0.3, -0.25) is 14.4 Å². The molecule has 0 unspecified atom stereocenters. The van der Waals surface area contributed by atoms with E-state index in [4.69, 9.17) is 19.9 Å². The van der Waals surface area contributed by atoms with Crippen molar-refractivity contribution in [2.45, 2.75) is 0 Å². The molecule has 0 bridgehead atoms. The topological polar surface area (TPSA) is 56.0 Å². The molecule has 0 saturated heterocycles. The monoisotopic (exact) mass is 575 g/mol. The molecule has 4 heterocycles. The van der Waals surface area contributed by atoms with Crippen LogP contribution in [0.2, 0.25) is 0 Å². The highest BCUT2D eigenvalue weighted by molar-refractivity contribution is 6.15. The molecule has 9 aromatic rings. The summed E-state index contributed by atoms with van der Waals surface area (Å²) in [6.07, 6.45) is 7.01. The molecule has 5 nitrogen and oxygen atoms in total. The smallest absolute Gasteiger partial charge is 0.165 e. The summed E-state index contributed by atoms with van der Waals surface area (Å²) in [5.74, 6) is 0. The molecule has 0 atom stereocenters. The van der Waals surface area contributed by atoms with Gasteiger partial charge in [-0.2, -0.15) is 0 Å². The minimum atomic E-state index is 0.756. The molecule has 0 radical (unpaired) electrons. The number of hydrogen-bond donors (Lipinski definition) is 0. The minimum absolute atomic E-state index is 0.756. The van der Waals surface area contributed by atoms with Crippen LogP contribution in [-0.2, 0) is 0 Å².